The van der Waals surface area contributed by atoms with Crippen molar-refractivity contribution in [1.29, 1.82) is 0 Å². The van der Waals surface area contributed by atoms with Gasteiger partial charge in [-0.2, -0.15) is 0 Å². The molecule has 0 N–H and O–H groups in total. The molecule has 11 nitrogen and oxygen atoms in total. The van der Waals surface area contributed by atoms with Crippen LogP contribution in [0.4, 0.5) is 11.4 Å². The molecular weight excluding hydrogens is 398 g/mol. The molecule has 0 aromatic heterocycles. The number of ether oxygens (including phenoxy) is 2. The third kappa shape index (κ3) is 3.46. The van der Waals surface area contributed by atoms with Crippen molar-refractivity contribution < 1.29 is 28.9 Å². The van der Waals surface area contributed by atoms with E-state index in [4.69, 9.17) is 9.47 Å². The van der Waals surface area contributed by atoms with Gasteiger partial charge in [0.2, 0.25) is 5.91 Å². The molecule has 0 radical (unpaired) electrons. The Balaban J connectivity index is 1.50. The van der Waals surface area contributed by atoms with E-state index in [1.165, 1.54) is 53.4 Å². The van der Waals surface area contributed by atoms with Gasteiger partial charge in [-0.3, -0.25) is 29.9 Å². The predicted octanol–water partition coefficient (Wildman–Crippen LogP) is 2.24. The van der Waals surface area contributed by atoms with Crippen molar-refractivity contribution in [2.24, 2.45) is 0 Å². The Morgan fingerprint density at radius 2 is 1.60 bits per heavy atom. The van der Waals surface area contributed by atoms with Gasteiger partial charge in [0, 0.05) is 24.3 Å². The van der Waals surface area contributed by atoms with Crippen LogP contribution in [0.5, 0.6) is 0 Å². The average Bonchev–Trinajstić information content (AvgIpc) is 3.05. The number of esters is 1. The van der Waals surface area contributed by atoms with Crippen molar-refractivity contribution in [1.82, 2.24) is 4.90 Å². The summed E-state index contributed by atoms with van der Waals surface area (Å²) in [4.78, 5) is 46.6. The predicted molar refractivity (Wildman–Crippen MR) is 98.9 cm³/mol. The van der Waals surface area contributed by atoms with Crippen LogP contribution in [0.1, 0.15) is 23.7 Å². The van der Waals surface area contributed by atoms with E-state index in [0.717, 1.165) is 0 Å². The molecule has 1 amide bonds. The highest BCUT2D eigenvalue weighted by molar-refractivity contribution is 5.90. The minimum Gasteiger partial charge on any atom is -0.459 e. The summed E-state index contributed by atoms with van der Waals surface area (Å²) < 4.78 is 11.1. The summed E-state index contributed by atoms with van der Waals surface area (Å²) in [5, 5.41) is 21.6. The fourth-order valence-electron chi connectivity index (χ4n) is 3.48. The lowest BCUT2D eigenvalue weighted by atomic mass is 10.00. The van der Waals surface area contributed by atoms with Crippen LogP contribution in [0.3, 0.4) is 0 Å². The number of amides is 1. The number of nitrogens with zero attached hydrogens (tertiary/aromatic N) is 3. The number of rotatable bonds is 6. The fraction of sp³-hybridized carbons (Fsp3) is 0.263. The highest BCUT2D eigenvalue weighted by Crippen LogP contribution is 2.42. The van der Waals surface area contributed by atoms with Crippen LogP contribution in [0, 0.1) is 20.2 Å². The number of benzene rings is 2. The number of nitro groups is 2. The molecule has 2 aliphatic heterocycles. The maximum absolute atomic E-state index is 12.8. The number of fused-ring (bicyclic) bond motifs is 1. The van der Waals surface area contributed by atoms with E-state index < -0.39 is 34.2 Å². The van der Waals surface area contributed by atoms with Gasteiger partial charge < -0.3 is 9.47 Å². The van der Waals surface area contributed by atoms with Gasteiger partial charge in [0.1, 0.15) is 18.9 Å². The summed E-state index contributed by atoms with van der Waals surface area (Å²) in [7, 11) is 0. The van der Waals surface area contributed by atoms with Crippen LogP contribution in [0.25, 0.3) is 0 Å². The van der Waals surface area contributed by atoms with E-state index in [0.29, 0.717) is 11.1 Å². The number of non-ortho nitro benzene ring substituents is 2. The second kappa shape index (κ2) is 7.52. The number of hydrogen-bond acceptors (Lipinski definition) is 8. The zero-order chi connectivity index (χ0) is 21.4. The quantitative estimate of drug-likeness (QED) is 0.304. The molecule has 30 heavy (non-hydrogen) atoms. The molecule has 0 unspecified atom stereocenters. The van der Waals surface area contributed by atoms with E-state index in [-0.39, 0.29) is 30.3 Å². The normalized spacial score (nSPS) is 22.2. The Bertz CT molecular complexity index is 1020. The van der Waals surface area contributed by atoms with E-state index in [1.807, 2.05) is 0 Å². The van der Waals surface area contributed by atoms with E-state index in [1.54, 1.807) is 0 Å². The zero-order valence-corrected chi connectivity index (χ0v) is 15.4. The van der Waals surface area contributed by atoms with Crippen molar-refractivity contribution in [3.05, 3.63) is 79.9 Å². The lowest BCUT2D eigenvalue weighted by molar-refractivity contribution is -0.385. The second-order valence-corrected chi connectivity index (χ2v) is 6.84. The van der Waals surface area contributed by atoms with Crippen molar-refractivity contribution in [3.8, 4) is 0 Å². The molecule has 4 rings (SSSR count). The van der Waals surface area contributed by atoms with Crippen LogP contribution in [0.2, 0.25) is 0 Å². The Kier molecular flexibility index (Phi) is 4.88. The molecule has 0 aliphatic carbocycles. The third-order valence-electron chi connectivity index (χ3n) is 5.04. The molecule has 0 saturated carbocycles. The molecule has 2 heterocycles. The largest absolute Gasteiger partial charge is 0.459 e. The number of nitro benzene ring substituents is 2. The van der Waals surface area contributed by atoms with E-state index in [2.05, 4.69) is 0 Å². The van der Waals surface area contributed by atoms with Crippen molar-refractivity contribution >= 4 is 23.3 Å². The summed E-state index contributed by atoms with van der Waals surface area (Å²) in [6.07, 6.45) is -1.21. The van der Waals surface area contributed by atoms with Gasteiger partial charge in [-0.1, -0.05) is 0 Å². The topological polar surface area (TPSA) is 142 Å². The first kappa shape index (κ1) is 19.5. The van der Waals surface area contributed by atoms with Gasteiger partial charge in [0.25, 0.3) is 11.4 Å². The SMILES string of the molecule is O=C(OCc1ccc([N+](=O)[O-])cc1)[C@H]1[C@H](c2ccc([N+](=O)[O-])cc2)O[C@@H]2CC(=O)N21. The van der Waals surface area contributed by atoms with Gasteiger partial charge in [0.05, 0.1) is 16.3 Å². The molecule has 11 heteroatoms. The highest BCUT2D eigenvalue weighted by atomic mass is 16.6. The van der Waals surface area contributed by atoms with Crippen LogP contribution >= 0.6 is 0 Å². The minimum absolute atomic E-state index is 0.0819. The molecule has 154 valence electrons. The molecule has 3 atom stereocenters. The van der Waals surface area contributed by atoms with Crippen LogP contribution in [-0.2, 0) is 25.7 Å². The first-order valence-corrected chi connectivity index (χ1v) is 8.96. The number of β-lactam (4-membered cyclic amide) rings is 1. The van der Waals surface area contributed by atoms with Gasteiger partial charge in [0.15, 0.2) is 6.04 Å². The van der Waals surface area contributed by atoms with Gasteiger partial charge in [-0.15, -0.1) is 0 Å². The van der Waals surface area contributed by atoms with Crippen molar-refractivity contribution in [2.75, 3.05) is 0 Å². The maximum atomic E-state index is 12.8. The smallest absolute Gasteiger partial charge is 0.332 e. The molecule has 2 aliphatic rings. The van der Waals surface area contributed by atoms with Crippen LogP contribution in [-0.4, -0.2) is 38.9 Å². The maximum Gasteiger partial charge on any atom is 0.332 e. The number of hydrogen-bond donors (Lipinski definition) is 0. The number of carbonyl (C=O) groups is 2. The summed E-state index contributed by atoms with van der Waals surface area (Å²) in [5.74, 6) is -0.936. The molecule has 2 aromatic carbocycles. The Morgan fingerprint density at radius 1 is 1.03 bits per heavy atom. The van der Waals surface area contributed by atoms with Gasteiger partial charge in [-0.05, 0) is 35.4 Å². The fourth-order valence-corrected chi connectivity index (χ4v) is 3.48. The average molecular weight is 413 g/mol. The Hall–Kier alpha value is -3.86. The monoisotopic (exact) mass is 413 g/mol. The summed E-state index contributed by atoms with van der Waals surface area (Å²) in [6, 6.07) is 10.1. The molecule has 2 aromatic rings. The second-order valence-electron chi connectivity index (χ2n) is 6.84. The first-order valence-electron chi connectivity index (χ1n) is 8.96. The number of carbonyl (C=O) groups excluding carboxylic acids is 2. The van der Waals surface area contributed by atoms with Gasteiger partial charge in [-0.25, -0.2) is 4.79 Å². The zero-order valence-electron chi connectivity index (χ0n) is 15.4. The van der Waals surface area contributed by atoms with E-state index in [9.17, 15) is 29.8 Å². The molecular formula is C19H15N3O8. The Labute approximate surface area is 169 Å². The summed E-state index contributed by atoms with van der Waals surface area (Å²) >= 11 is 0. The molecule has 2 fully saturated rings. The van der Waals surface area contributed by atoms with E-state index >= 15 is 0 Å². The van der Waals surface area contributed by atoms with Crippen molar-refractivity contribution in [2.45, 2.75) is 31.4 Å². The third-order valence-corrected chi connectivity index (χ3v) is 5.04. The molecule has 0 bridgehead atoms. The molecule has 2 saturated heterocycles. The highest BCUT2D eigenvalue weighted by Gasteiger charge is 2.56. The summed E-state index contributed by atoms with van der Waals surface area (Å²) in [6.45, 7) is -0.132. The van der Waals surface area contributed by atoms with Crippen LogP contribution in [0.15, 0.2) is 48.5 Å². The van der Waals surface area contributed by atoms with Crippen LogP contribution < -0.4 is 0 Å². The van der Waals surface area contributed by atoms with Crippen molar-refractivity contribution in [3.63, 3.8) is 0 Å². The lowest BCUT2D eigenvalue weighted by Gasteiger charge is -2.35. The Morgan fingerprint density at radius 3 is 2.13 bits per heavy atom. The lowest BCUT2D eigenvalue weighted by Crippen LogP contribution is -2.55. The summed E-state index contributed by atoms with van der Waals surface area (Å²) in [5.41, 5.74) is 0.876. The minimum atomic E-state index is -1.02. The van der Waals surface area contributed by atoms with Gasteiger partial charge >= 0.3 is 5.97 Å². The first-order chi connectivity index (χ1) is 14.3. The molecule has 0 spiro atoms. The standard InChI is InChI=1S/C19H15N3O8/c23-15-9-16-20(15)17(18(30-16)12-3-7-14(8-4-12)22(27)28)19(24)29-10-11-1-5-13(6-2-11)21(25)26/h1-8,16-18H,9-10H2/t16-,17-,18+/m1/s1.